The van der Waals surface area contributed by atoms with Crippen LogP contribution in [0.15, 0.2) is 0 Å². The average Bonchev–Trinajstić information content (AvgIpc) is 1.94. The van der Waals surface area contributed by atoms with Crippen molar-refractivity contribution < 1.29 is 77.5 Å². The zero-order chi connectivity index (χ0) is 17.9. The normalized spacial score (nSPS) is 5.91. The van der Waals surface area contributed by atoms with Crippen molar-refractivity contribution in [3.63, 3.8) is 0 Å². The zero-order valence-electron chi connectivity index (χ0n) is 13.5. The topological polar surface area (TPSA) is 316 Å². The summed E-state index contributed by atoms with van der Waals surface area (Å²) in [4.78, 5) is 84.8. The Hall–Kier alpha value is 1.16. The summed E-state index contributed by atoms with van der Waals surface area (Å²) in [7, 11) is -16.9. The van der Waals surface area contributed by atoms with Gasteiger partial charge in [0.25, 0.3) is 41.3 Å². The van der Waals surface area contributed by atoms with Crippen molar-refractivity contribution >= 4 is 76.0 Å². The Kier molecular flexibility index (Phi) is 75.2. The van der Waals surface area contributed by atoms with Gasteiger partial charge in [-0.3, -0.25) is 0 Å². The molecule has 0 aromatic carbocycles. The molecule has 120 valence electrons. The minimum Gasteiger partial charge on any atom is -0.598 e. The summed E-state index contributed by atoms with van der Waals surface area (Å²) in [5.74, 6) is 0. The van der Waals surface area contributed by atoms with Crippen LogP contribution >= 0.6 is 41.3 Å². The van der Waals surface area contributed by atoms with Gasteiger partial charge in [0.15, 0.2) is 0 Å². The summed E-state index contributed by atoms with van der Waals surface area (Å²) in [6.07, 6.45) is 0. The van der Waals surface area contributed by atoms with Crippen molar-refractivity contribution in [2.24, 2.45) is 0 Å². The van der Waals surface area contributed by atoms with Crippen molar-refractivity contribution in [1.82, 2.24) is 0 Å². The number of hydrogen-bond acceptors (Lipinski definition) is 15. The molecule has 0 heterocycles. The Labute approximate surface area is 153 Å². The maximum absolute atomic E-state index is 8.48. The molecule has 0 N–H and O–H groups in total. The van der Waals surface area contributed by atoms with Gasteiger partial charge in [0, 0.05) is 0 Å². The van der Waals surface area contributed by atoms with Crippen LogP contribution < -0.4 is 48.9 Å². The maximum atomic E-state index is 8.48. The van der Waals surface area contributed by atoms with Gasteiger partial charge in [0.2, 0.25) is 0 Å². The first kappa shape index (κ1) is 43.6. The fourth-order valence-electron chi connectivity index (χ4n) is 0. The molecular weight excluding hydrogens is 449 g/mol. The Morgan fingerprint density at radius 3 is 0.364 bits per heavy atom. The molecule has 22 heteroatoms. The van der Waals surface area contributed by atoms with Gasteiger partial charge >= 0.3 is 40.4 Å². The van der Waals surface area contributed by atoms with Gasteiger partial charge in [0.05, 0.1) is 0 Å². The molecule has 0 saturated heterocycles. The summed E-state index contributed by atoms with van der Waals surface area (Å²) in [5.41, 5.74) is 0. The van der Waals surface area contributed by atoms with Gasteiger partial charge in [0.1, 0.15) is 0 Å². The third-order valence-corrected chi connectivity index (χ3v) is 0. The molecule has 0 aliphatic carbocycles. The van der Waals surface area contributed by atoms with Gasteiger partial charge < -0.3 is 48.9 Å². The van der Waals surface area contributed by atoms with Crippen LogP contribution in [-0.4, -0.2) is 34.7 Å². The minimum atomic E-state index is -3.37. The summed E-state index contributed by atoms with van der Waals surface area (Å²) >= 11 is 0. The van der Waals surface area contributed by atoms with E-state index in [-0.39, 0.29) is 40.4 Å². The fraction of sp³-hybridized carbons (Fsp3) is 0. The first-order valence-electron chi connectivity index (χ1n) is 2.74. The molecule has 0 saturated carbocycles. The number of hydrogen-bond donors (Lipinski definition) is 0. The van der Waals surface area contributed by atoms with Crippen LogP contribution in [0.5, 0.6) is 0 Å². The molecule has 0 aliphatic heterocycles. The largest absolute Gasteiger partial charge is 3.00 e. The van der Waals surface area contributed by atoms with E-state index in [0.717, 1.165) is 0 Å². The molecule has 0 spiro atoms. The fourth-order valence-corrected chi connectivity index (χ4v) is 0. The van der Waals surface area contributed by atoms with Crippen LogP contribution in [0.25, 0.3) is 0 Å². The van der Waals surface area contributed by atoms with E-state index < -0.39 is 41.3 Å². The summed E-state index contributed by atoms with van der Waals surface area (Å²) in [6, 6.07) is 0. The molecule has 0 rings (SSSR count). The second-order valence-corrected chi connectivity index (χ2v) is 3.35. The van der Waals surface area contributed by atoms with Crippen molar-refractivity contribution in [3.05, 3.63) is 0 Å². The molecule has 0 fully saturated rings. The van der Waals surface area contributed by atoms with Crippen LogP contribution in [-0.2, 0) is 22.8 Å². The Morgan fingerprint density at radius 2 is 0.364 bits per heavy atom. The van der Waals surface area contributed by atoms with Gasteiger partial charge in [-0.25, -0.2) is 0 Å². The van der Waals surface area contributed by atoms with E-state index in [2.05, 4.69) is 0 Å². The third kappa shape index (κ3) is 6340. The standard InChI is InChI=1S/2Al.5HO3P/c;;5*1-4(2)3/h;;5*(H,1,2,3)/q2*+3;;;;;/p-1. The third-order valence-electron chi connectivity index (χ3n) is 0. The maximum Gasteiger partial charge on any atom is 3.00 e. The quantitative estimate of drug-likeness (QED) is 0.243. The molecule has 0 bridgehead atoms. The predicted octanol–water partition coefficient (Wildman–Crippen LogP) is -8.49. The minimum absolute atomic E-state index is 0. The molecule has 0 radical (unpaired) electrons. The average molecular weight is 453 g/mol. The zero-order valence-corrected chi connectivity index (χ0v) is 16.3. The SMILES string of the molecule is O=[P+]([O-])[O-].O=[P+]([O-])[O-].O=[P+]([O-])[O-].O=[P+]([O-])[O-].O=[P+]([O-])[O-].[Al+3].[Al+3].[H+].[H+].[H+].[H+]. The monoisotopic (exact) mass is 453 g/mol. The number of rotatable bonds is 0. The smallest absolute Gasteiger partial charge is 0.598 e. The van der Waals surface area contributed by atoms with E-state index in [4.69, 9.17) is 71.8 Å². The van der Waals surface area contributed by atoms with Gasteiger partial charge in [-0.1, -0.05) is 22.8 Å². The predicted molar refractivity (Wildman–Crippen MR) is 54.0 cm³/mol. The summed E-state index contributed by atoms with van der Waals surface area (Å²) in [5, 5.41) is 0. The first-order valence-corrected chi connectivity index (χ1v) is 8.22. The van der Waals surface area contributed by atoms with Gasteiger partial charge in [-0.05, 0) is 0 Å². The molecule has 0 aromatic heterocycles. The van der Waals surface area contributed by atoms with E-state index in [0.29, 0.717) is 0 Å². The molecule has 0 amide bonds. The summed E-state index contributed by atoms with van der Waals surface area (Å²) in [6.45, 7) is 0. The Bertz CT molecular complexity index is 227. The molecule has 0 aromatic rings. The second-order valence-electron chi connectivity index (χ2n) is 1.12. The van der Waals surface area contributed by atoms with Crippen molar-refractivity contribution in [3.8, 4) is 0 Å². The first-order chi connectivity index (χ1) is 8.66. The second kappa shape index (κ2) is 38.0. The van der Waals surface area contributed by atoms with Crippen LogP contribution in [0.4, 0.5) is 0 Å². The van der Waals surface area contributed by atoms with E-state index >= 15 is 0 Å². The van der Waals surface area contributed by atoms with Gasteiger partial charge in [-0.2, -0.15) is 0 Å². The summed E-state index contributed by atoms with van der Waals surface area (Å²) < 4.78 is 42.4. The molecule has 0 aliphatic rings. The molecule has 22 heavy (non-hydrogen) atoms. The van der Waals surface area contributed by atoms with E-state index in [1.807, 2.05) is 0 Å². The van der Waals surface area contributed by atoms with Crippen LogP contribution in [0.3, 0.4) is 0 Å². The molecular formula is H4Al2O15P5+5. The van der Waals surface area contributed by atoms with E-state index in [1.165, 1.54) is 0 Å². The molecule has 0 atom stereocenters. The van der Waals surface area contributed by atoms with Crippen molar-refractivity contribution in [2.75, 3.05) is 0 Å². The van der Waals surface area contributed by atoms with Crippen LogP contribution in [0, 0.1) is 0 Å². The van der Waals surface area contributed by atoms with Crippen molar-refractivity contribution in [1.29, 1.82) is 0 Å². The molecule has 15 nitrogen and oxygen atoms in total. The van der Waals surface area contributed by atoms with Crippen molar-refractivity contribution in [2.45, 2.75) is 0 Å². The van der Waals surface area contributed by atoms with E-state index in [9.17, 15) is 0 Å². The molecule has 0 unspecified atom stereocenters. The van der Waals surface area contributed by atoms with E-state index in [1.54, 1.807) is 0 Å². The van der Waals surface area contributed by atoms with Gasteiger partial charge in [-0.15, -0.1) is 0 Å². The van der Waals surface area contributed by atoms with Crippen LogP contribution in [0.1, 0.15) is 5.71 Å². The Morgan fingerprint density at radius 1 is 0.364 bits per heavy atom. The van der Waals surface area contributed by atoms with Crippen LogP contribution in [0.2, 0.25) is 0 Å². The Balaban J connectivity index is -0.0000000114.